The van der Waals surface area contributed by atoms with Crippen LogP contribution in [0.1, 0.15) is 18.9 Å². The van der Waals surface area contributed by atoms with Gasteiger partial charge in [0.15, 0.2) is 6.29 Å². The number of aliphatic hydroxyl groups excluding tert-OH is 1. The van der Waals surface area contributed by atoms with Crippen LogP contribution in [0, 0.1) is 5.41 Å². The molecule has 1 aliphatic rings. The standard InChI is InChI=1S/C15H20O5/c1-15(14(17)18-2)8-13(16)20-12(15)10-19-9-11-6-4-3-5-7-11/h3-7,12-13,16H,8-10H2,1-2H3/t12-,13-,15?/m1/s1. The lowest BCUT2D eigenvalue weighted by Crippen LogP contribution is -2.39. The van der Waals surface area contributed by atoms with Gasteiger partial charge in [0.25, 0.3) is 0 Å². The van der Waals surface area contributed by atoms with Gasteiger partial charge in [-0.2, -0.15) is 0 Å². The van der Waals surface area contributed by atoms with Crippen LogP contribution < -0.4 is 0 Å². The molecule has 1 unspecified atom stereocenters. The number of hydrogen-bond acceptors (Lipinski definition) is 5. The van der Waals surface area contributed by atoms with E-state index in [0.29, 0.717) is 6.61 Å². The van der Waals surface area contributed by atoms with E-state index in [9.17, 15) is 9.90 Å². The number of rotatable bonds is 5. The molecule has 5 nitrogen and oxygen atoms in total. The molecule has 0 saturated carbocycles. The van der Waals surface area contributed by atoms with Crippen molar-refractivity contribution in [3.8, 4) is 0 Å². The van der Waals surface area contributed by atoms with Crippen LogP contribution >= 0.6 is 0 Å². The summed E-state index contributed by atoms with van der Waals surface area (Å²) in [5.41, 5.74) is 0.177. The van der Waals surface area contributed by atoms with Crippen molar-refractivity contribution < 1.29 is 24.1 Å². The minimum Gasteiger partial charge on any atom is -0.469 e. The first-order valence-electron chi connectivity index (χ1n) is 6.60. The van der Waals surface area contributed by atoms with E-state index in [1.807, 2.05) is 30.3 Å². The molecule has 1 saturated heterocycles. The number of hydrogen-bond donors (Lipinski definition) is 1. The summed E-state index contributed by atoms with van der Waals surface area (Å²) in [5.74, 6) is -0.387. The van der Waals surface area contributed by atoms with Gasteiger partial charge < -0.3 is 19.3 Å². The average Bonchev–Trinajstić information content (AvgIpc) is 2.75. The molecule has 0 amide bonds. The summed E-state index contributed by atoms with van der Waals surface area (Å²) >= 11 is 0. The third kappa shape index (κ3) is 3.17. The molecule has 5 heteroatoms. The highest BCUT2D eigenvalue weighted by Crippen LogP contribution is 2.38. The fourth-order valence-corrected chi connectivity index (χ4v) is 2.41. The molecule has 0 radical (unpaired) electrons. The lowest BCUT2D eigenvalue weighted by molar-refractivity contribution is -0.159. The molecule has 1 N–H and O–H groups in total. The van der Waals surface area contributed by atoms with E-state index in [0.717, 1.165) is 5.56 Å². The van der Waals surface area contributed by atoms with Crippen molar-refractivity contribution >= 4 is 5.97 Å². The van der Waals surface area contributed by atoms with Gasteiger partial charge in [-0.15, -0.1) is 0 Å². The molecular formula is C15H20O5. The molecule has 0 aromatic heterocycles. The van der Waals surface area contributed by atoms with Crippen LogP contribution in [0.4, 0.5) is 0 Å². The molecule has 0 aliphatic carbocycles. The second kappa shape index (κ2) is 6.35. The average molecular weight is 280 g/mol. The van der Waals surface area contributed by atoms with Crippen LogP contribution in [0.5, 0.6) is 0 Å². The van der Waals surface area contributed by atoms with E-state index in [4.69, 9.17) is 14.2 Å². The van der Waals surface area contributed by atoms with Gasteiger partial charge in [-0.25, -0.2) is 0 Å². The maximum Gasteiger partial charge on any atom is 0.314 e. The largest absolute Gasteiger partial charge is 0.469 e. The molecule has 1 fully saturated rings. The van der Waals surface area contributed by atoms with Gasteiger partial charge in [0, 0.05) is 6.42 Å². The number of aliphatic hydroxyl groups is 1. The maximum absolute atomic E-state index is 11.9. The van der Waals surface area contributed by atoms with Crippen LogP contribution in [0.25, 0.3) is 0 Å². The topological polar surface area (TPSA) is 65.0 Å². The maximum atomic E-state index is 11.9. The summed E-state index contributed by atoms with van der Waals surface area (Å²) in [7, 11) is 1.33. The van der Waals surface area contributed by atoms with Crippen LogP contribution in [-0.4, -0.2) is 37.2 Å². The van der Waals surface area contributed by atoms with Crippen molar-refractivity contribution in [3.63, 3.8) is 0 Å². The Hall–Kier alpha value is -1.43. The Morgan fingerprint density at radius 1 is 1.45 bits per heavy atom. The number of carbonyl (C=O) groups excluding carboxylic acids is 1. The van der Waals surface area contributed by atoms with Crippen molar-refractivity contribution in [2.75, 3.05) is 13.7 Å². The summed E-state index contributed by atoms with van der Waals surface area (Å²) < 4.78 is 15.8. The van der Waals surface area contributed by atoms with Gasteiger partial charge in [0.1, 0.15) is 0 Å². The van der Waals surface area contributed by atoms with Gasteiger partial charge in [0.05, 0.1) is 31.8 Å². The fourth-order valence-electron chi connectivity index (χ4n) is 2.41. The smallest absolute Gasteiger partial charge is 0.314 e. The van der Waals surface area contributed by atoms with E-state index < -0.39 is 17.8 Å². The highest BCUT2D eigenvalue weighted by molar-refractivity contribution is 5.77. The van der Waals surface area contributed by atoms with E-state index in [-0.39, 0.29) is 19.0 Å². The predicted octanol–water partition coefficient (Wildman–Crippen LogP) is 1.49. The van der Waals surface area contributed by atoms with Crippen LogP contribution in [0.3, 0.4) is 0 Å². The van der Waals surface area contributed by atoms with E-state index in [2.05, 4.69) is 0 Å². The molecule has 1 aliphatic heterocycles. The summed E-state index contributed by atoms with van der Waals surface area (Å²) in [6.07, 6.45) is -1.24. The van der Waals surface area contributed by atoms with Crippen LogP contribution in [0.2, 0.25) is 0 Å². The molecule has 2 rings (SSSR count). The number of methoxy groups -OCH3 is 1. The van der Waals surface area contributed by atoms with E-state index in [1.165, 1.54) is 7.11 Å². The van der Waals surface area contributed by atoms with E-state index in [1.54, 1.807) is 6.92 Å². The first kappa shape index (κ1) is 15.0. The monoisotopic (exact) mass is 280 g/mol. The lowest BCUT2D eigenvalue weighted by Gasteiger charge is -2.26. The Kier molecular flexibility index (Phi) is 4.75. The highest BCUT2D eigenvalue weighted by atomic mass is 16.6. The second-order valence-corrected chi connectivity index (χ2v) is 5.19. The Balaban J connectivity index is 1.92. The quantitative estimate of drug-likeness (QED) is 0.828. The molecule has 110 valence electrons. The van der Waals surface area contributed by atoms with Crippen LogP contribution in [0.15, 0.2) is 30.3 Å². The highest BCUT2D eigenvalue weighted by Gasteiger charge is 2.51. The third-order valence-electron chi connectivity index (χ3n) is 3.66. The Morgan fingerprint density at radius 2 is 2.15 bits per heavy atom. The van der Waals surface area contributed by atoms with Crippen molar-refractivity contribution in [1.82, 2.24) is 0 Å². The van der Waals surface area contributed by atoms with Gasteiger partial charge in [0.2, 0.25) is 0 Å². The zero-order valence-corrected chi connectivity index (χ0v) is 11.7. The molecule has 1 heterocycles. The fraction of sp³-hybridized carbons (Fsp3) is 0.533. The van der Waals surface area contributed by atoms with Gasteiger partial charge in [-0.1, -0.05) is 30.3 Å². The van der Waals surface area contributed by atoms with Gasteiger partial charge >= 0.3 is 5.97 Å². The van der Waals surface area contributed by atoms with Gasteiger partial charge in [-0.05, 0) is 12.5 Å². The molecule has 1 aromatic carbocycles. The molecular weight excluding hydrogens is 260 g/mol. The summed E-state index contributed by atoms with van der Waals surface area (Å²) in [4.78, 5) is 11.9. The van der Waals surface area contributed by atoms with Crippen molar-refractivity contribution in [2.24, 2.45) is 5.41 Å². The molecule has 0 bridgehead atoms. The molecule has 20 heavy (non-hydrogen) atoms. The van der Waals surface area contributed by atoms with Crippen molar-refractivity contribution in [1.29, 1.82) is 0 Å². The molecule has 3 atom stereocenters. The predicted molar refractivity (Wildman–Crippen MR) is 71.7 cm³/mol. The SMILES string of the molecule is COC(=O)C1(C)C[C@H](O)O[C@@H]1COCc1ccccc1. The Morgan fingerprint density at radius 3 is 2.80 bits per heavy atom. The zero-order chi connectivity index (χ0) is 14.6. The normalized spacial score (nSPS) is 29.4. The number of benzene rings is 1. The zero-order valence-electron chi connectivity index (χ0n) is 11.7. The van der Waals surface area contributed by atoms with E-state index >= 15 is 0 Å². The first-order chi connectivity index (χ1) is 9.56. The van der Waals surface area contributed by atoms with Crippen molar-refractivity contribution in [2.45, 2.75) is 32.3 Å². The van der Waals surface area contributed by atoms with Crippen molar-refractivity contribution in [3.05, 3.63) is 35.9 Å². The van der Waals surface area contributed by atoms with Crippen LogP contribution in [-0.2, 0) is 25.6 Å². The second-order valence-electron chi connectivity index (χ2n) is 5.19. The number of esters is 1. The molecule has 1 aromatic rings. The summed E-state index contributed by atoms with van der Waals surface area (Å²) in [5, 5.41) is 9.61. The molecule has 0 spiro atoms. The third-order valence-corrected chi connectivity index (χ3v) is 3.66. The Bertz CT molecular complexity index is 447. The number of carbonyl (C=O) groups is 1. The Labute approximate surface area is 118 Å². The first-order valence-corrected chi connectivity index (χ1v) is 6.60. The minimum absolute atomic E-state index is 0.221. The number of ether oxygens (including phenoxy) is 3. The van der Waals surface area contributed by atoms with Gasteiger partial charge in [-0.3, -0.25) is 4.79 Å². The lowest BCUT2D eigenvalue weighted by atomic mass is 9.83. The summed E-state index contributed by atoms with van der Waals surface area (Å²) in [6, 6.07) is 9.74. The summed E-state index contributed by atoms with van der Waals surface area (Å²) in [6.45, 7) is 2.40. The minimum atomic E-state index is -0.954.